The molecular formula is C12H21N3O3S. The van der Waals surface area contributed by atoms with Crippen LogP contribution in [0.3, 0.4) is 0 Å². The van der Waals surface area contributed by atoms with Crippen molar-refractivity contribution in [3.63, 3.8) is 0 Å². The van der Waals surface area contributed by atoms with Crippen LogP contribution < -0.4 is 4.72 Å². The van der Waals surface area contributed by atoms with Gasteiger partial charge in [-0.25, -0.2) is 18.1 Å². The van der Waals surface area contributed by atoms with Crippen molar-refractivity contribution >= 4 is 10.0 Å². The van der Waals surface area contributed by atoms with Gasteiger partial charge in [0.15, 0.2) is 0 Å². The smallest absolute Gasteiger partial charge is 0.216 e. The molecule has 0 unspecified atom stereocenters. The Morgan fingerprint density at radius 3 is 3.16 bits per heavy atom. The number of rotatable bonds is 6. The summed E-state index contributed by atoms with van der Waals surface area (Å²) in [5, 5.41) is -0.525. The number of methoxy groups -OCH3 is 1. The van der Waals surface area contributed by atoms with E-state index in [0.29, 0.717) is 12.5 Å². The summed E-state index contributed by atoms with van der Waals surface area (Å²) in [4.78, 5) is 4.28. The van der Waals surface area contributed by atoms with Gasteiger partial charge in [0.2, 0.25) is 10.0 Å². The highest BCUT2D eigenvalue weighted by atomic mass is 32.2. The number of aryl methyl sites for hydroxylation is 1. The van der Waals surface area contributed by atoms with Crippen LogP contribution in [0.4, 0.5) is 0 Å². The Kier molecular flexibility index (Phi) is 4.59. The van der Waals surface area contributed by atoms with Crippen molar-refractivity contribution in [3.8, 4) is 0 Å². The molecule has 0 amide bonds. The van der Waals surface area contributed by atoms with Gasteiger partial charge in [0.1, 0.15) is 5.82 Å². The average Bonchev–Trinajstić information content (AvgIpc) is 2.84. The van der Waals surface area contributed by atoms with Crippen LogP contribution in [0.5, 0.6) is 0 Å². The zero-order valence-electron chi connectivity index (χ0n) is 11.4. The summed E-state index contributed by atoms with van der Waals surface area (Å²) in [7, 11) is -1.78. The first kappa shape index (κ1) is 14.5. The molecule has 0 aromatic carbocycles. The first-order chi connectivity index (χ1) is 9.03. The van der Waals surface area contributed by atoms with E-state index in [0.717, 1.165) is 25.2 Å². The van der Waals surface area contributed by atoms with Crippen molar-refractivity contribution in [1.82, 2.24) is 14.3 Å². The summed E-state index contributed by atoms with van der Waals surface area (Å²) in [5.41, 5.74) is 0. The molecule has 0 fully saturated rings. The Hall–Kier alpha value is -0.920. The van der Waals surface area contributed by atoms with Crippen LogP contribution >= 0.6 is 0 Å². The van der Waals surface area contributed by atoms with Gasteiger partial charge in [0.05, 0.1) is 11.9 Å². The van der Waals surface area contributed by atoms with E-state index in [4.69, 9.17) is 4.74 Å². The van der Waals surface area contributed by atoms with Crippen LogP contribution in [-0.4, -0.2) is 43.5 Å². The molecule has 0 aliphatic carbocycles. The third-order valence-electron chi connectivity index (χ3n) is 3.56. The van der Waals surface area contributed by atoms with Crippen LogP contribution in [-0.2, 0) is 27.7 Å². The molecule has 0 saturated heterocycles. The van der Waals surface area contributed by atoms with E-state index in [1.807, 2.05) is 6.20 Å². The molecule has 108 valence electrons. The quantitative estimate of drug-likeness (QED) is 0.822. The lowest BCUT2D eigenvalue weighted by Gasteiger charge is -2.24. The van der Waals surface area contributed by atoms with Crippen molar-refractivity contribution < 1.29 is 13.2 Å². The average molecular weight is 287 g/mol. The molecule has 1 N–H and O–H groups in total. The number of ether oxygens (including phenoxy) is 1. The fourth-order valence-electron chi connectivity index (χ4n) is 2.29. The Labute approximate surface area is 114 Å². The van der Waals surface area contributed by atoms with Crippen LogP contribution in [0.1, 0.15) is 19.2 Å². The Morgan fingerprint density at radius 2 is 2.42 bits per heavy atom. The van der Waals surface area contributed by atoms with Gasteiger partial charge >= 0.3 is 0 Å². The van der Waals surface area contributed by atoms with Crippen LogP contribution in [0.15, 0.2) is 12.4 Å². The molecule has 0 spiro atoms. The number of nitrogens with one attached hydrogen (secondary N) is 1. The highest BCUT2D eigenvalue weighted by Crippen LogP contribution is 2.18. The fourth-order valence-corrected chi connectivity index (χ4v) is 3.36. The van der Waals surface area contributed by atoms with E-state index >= 15 is 0 Å². The molecule has 0 radical (unpaired) electrons. The van der Waals surface area contributed by atoms with Crippen LogP contribution in [0.2, 0.25) is 0 Å². The molecule has 0 bridgehead atoms. The SMILES string of the molecule is COC[C@H](C)S(=O)(=O)NC[C@@H]1CCn2ccnc2C1. The molecule has 19 heavy (non-hydrogen) atoms. The minimum Gasteiger partial charge on any atom is -0.383 e. The third-order valence-corrected chi connectivity index (χ3v) is 5.32. The van der Waals surface area contributed by atoms with E-state index in [2.05, 4.69) is 14.3 Å². The van der Waals surface area contributed by atoms with Crippen LogP contribution in [0.25, 0.3) is 0 Å². The first-order valence-corrected chi connectivity index (χ1v) is 8.05. The zero-order chi connectivity index (χ0) is 13.9. The fraction of sp³-hybridized carbons (Fsp3) is 0.750. The minimum atomic E-state index is -3.29. The topological polar surface area (TPSA) is 73.2 Å². The molecular weight excluding hydrogens is 266 g/mol. The van der Waals surface area contributed by atoms with Gasteiger partial charge in [-0.2, -0.15) is 0 Å². The molecule has 1 aliphatic heterocycles. The van der Waals surface area contributed by atoms with Gasteiger partial charge in [-0.15, -0.1) is 0 Å². The zero-order valence-corrected chi connectivity index (χ0v) is 12.2. The van der Waals surface area contributed by atoms with Gasteiger partial charge in [-0.05, 0) is 19.3 Å². The van der Waals surface area contributed by atoms with Gasteiger partial charge in [-0.1, -0.05) is 0 Å². The third kappa shape index (κ3) is 3.55. The van der Waals surface area contributed by atoms with Gasteiger partial charge in [-0.3, -0.25) is 0 Å². The summed E-state index contributed by atoms with van der Waals surface area (Å²) >= 11 is 0. The molecule has 0 saturated carbocycles. The first-order valence-electron chi connectivity index (χ1n) is 6.50. The second-order valence-electron chi connectivity index (χ2n) is 5.06. The van der Waals surface area contributed by atoms with Gasteiger partial charge < -0.3 is 9.30 Å². The van der Waals surface area contributed by atoms with E-state index in [-0.39, 0.29) is 6.61 Å². The van der Waals surface area contributed by atoms with E-state index < -0.39 is 15.3 Å². The lowest BCUT2D eigenvalue weighted by Crippen LogP contribution is -2.39. The molecule has 7 heteroatoms. The number of aromatic nitrogens is 2. The molecule has 2 atom stereocenters. The molecule has 6 nitrogen and oxygen atoms in total. The minimum absolute atomic E-state index is 0.213. The van der Waals surface area contributed by atoms with E-state index in [9.17, 15) is 8.42 Å². The summed E-state index contributed by atoms with van der Waals surface area (Å²) in [6.45, 7) is 3.25. The lowest BCUT2D eigenvalue weighted by molar-refractivity contribution is 0.200. The van der Waals surface area contributed by atoms with E-state index in [1.165, 1.54) is 7.11 Å². The monoisotopic (exact) mass is 287 g/mol. The van der Waals surface area contributed by atoms with Crippen molar-refractivity contribution in [2.45, 2.75) is 31.6 Å². The number of imidazole rings is 1. The predicted octanol–water partition coefficient (Wildman–Crippen LogP) is 0.400. The number of hydrogen-bond acceptors (Lipinski definition) is 4. The van der Waals surface area contributed by atoms with Crippen molar-refractivity contribution in [2.24, 2.45) is 5.92 Å². The number of fused-ring (bicyclic) bond motifs is 1. The summed E-state index contributed by atoms with van der Waals surface area (Å²) in [6, 6.07) is 0. The highest BCUT2D eigenvalue weighted by molar-refractivity contribution is 7.90. The maximum absolute atomic E-state index is 11.9. The number of hydrogen-bond donors (Lipinski definition) is 1. The summed E-state index contributed by atoms with van der Waals surface area (Å²) in [5.74, 6) is 1.36. The molecule has 1 aromatic rings. The lowest BCUT2D eigenvalue weighted by atomic mass is 9.98. The van der Waals surface area contributed by atoms with E-state index in [1.54, 1.807) is 13.1 Å². The molecule has 2 rings (SSSR count). The second-order valence-corrected chi connectivity index (χ2v) is 7.24. The normalized spacial score (nSPS) is 21.1. The second kappa shape index (κ2) is 6.02. The predicted molar refractivity (Wildman–Crippen MR) is 72.3 cm³/mol. The maximum atomic E-state index is 11.9. The Balaban J connectivity index is 1.87. The number of sulfonamides is 1. The maximum Gasteiger partial charge on any atom is 0.216 e. The molecule has 1 aromatic heterocycles. The van der Waals surface area contributed by atoms with Crippen molar-refractivity contribution in [1.29, 1.82) is 0 Å². The summed E-state index contributed by atoms with van der Waals surface area (Å²) in [6.07, 6.45) is 5.57. The van der Waals surface area contributed by atoms with Gasteiger partial charge in [0, 0.05) is 39.0 Å². The molecule has 1 aliphatic rings. The summed E-state index contributed by atoms with van der Waals surface area (Å²) < 4.78 is 33.6. The largest absolute Gasteiger partial charge is 0.383 e. The highest BCUT2D eigenvalue weighted by Gasteiger charge is 2.24. The Morgan fingerprint density at radius 1 is 1.63 bits per heavy atom. The van der Waals surface area contributed by atoms with Crippen LogP contribution in [0, 0.1) is 5.92 Å². The standard InChI is InChI=1S/C12H21N3O3S/c1-10(9-18-2)19(16,17)14-8-11-3-5-15-6-4-13-12(15)7-11/h4,6,10-11,14H,3,5,7-9H2,1-2H3/t10-,11+/m0/s1. The molecule has 2 heterocycles. The van der Waals surface area contributed by atoms with Crippen molar-refractivity contribution in [3.05, 3.63) is 18.2 Å². The number of nitrogens with zero attached hydrogens (tertiary/aromatic N) is 2. The van der Waals surface area contributed by atoms with Crippen molar-refractivity contribution in [2.75, 3.05) is 20.3 Å². The van der Waals surface area contributed by atoms with Gasteiger partial charge in [0.25, 0.3) is 0 Å². The Bertz CT molecular complexity index is 512.